The summed E-state index contributed by atoms with van der Waals surface area (Å²) < 4.78 is 15.4. The quantitative estimate of drug-likeness (QED) is 0.387. The number of carbonyl (C=O) groups excluding carboxylic acids is 2. The van der Waals surface area contributed by atoms with Gasteiger partial charge in [-0.25, -0.2) is 9.59 Å². The van der Waals surface area contributed by atoms with Crippen molar-refractivity contribution in [1.82, 2.24) is 9.97 Å². The third kappa shape index (κ3) is 5.26. The number of H-pyrrole nitrogens is 1. The number of nitrogens with zero attached hydrogens (tertiary/aromatic N) is 1. The van der Waals surface area contributed by atoms with Gasteiger partial charge in [-0.3, -0.25) is 4.79 Å². The second kappa shape index (κ2) is 9.79. The number of aromatic nitrogens is 2. The molecule has 0 unspecified atom stereocenters. The second-order valence-electron chi connectivity index (χ2n) is 5.47. The van der Waals surface area contributed by atoms with Crippen LogP contribution >= 0.6 is 11.8 Å². The molecule has 0 fully saturated rings. The van der Waals surface area contributed by atoms with Gasteiger partial charge in [-0.2, -0.15) is 4.98 Å². The number of hydrogen-bond acceptors (Lipinski definition) is 8. The van der Waals surface area contributed by atoms with E-state index in [0.717, 1.165) is 11.8 Å². The first-order chi connectivity index (χ1) is 13.4. The Morgan fingerprint density at radius 1 is 1.25 bits per heavy atom. The van der Waals surface area contributed by atoms with Gasteiger partial charge in [0, 0.05) is 11.8 Å². The molecule has 2 N–H and O–H groups in total. The van der Waals surface area contributed by atoms with E-state index in [9.17, 15) is 14.4 Å². The number of benzene rings is 1. The number of rotatable bonds is 8. The zero-order valence-corrected chi connectivity index (χ0v) is 16.8. The van der Waals surface area contributed by atoms with Crippen molar-refractivity contribution in [2.24, 2.45) is 0 Å². The third-order valence-electron chi connectivity index (χ3n) is 3.59. The number of nitrogens with one attached hydrogen (secondary N) is 2. The number of thioether (sulfide) groups is 1. The number of carbonyl (C=O) groups is 2. The maximum absolute atomic E-state index is 12.3. The van der Waals surface area contributed by atoms with E-state index in [4.69, 9.17) is 14.2 Å². The molecule has 0 saturated heterocycles. The highest BCUT2D eigenvalue weighted by atomic mass is 32.2. The molecule has 0 aliphatic carbocycles. The summed E-state index contributed by atoms with van der Waals surface area (Å²) in [6.07, 6.45) is 0. The van der Waals surface area contributed by atoms with Gasteiger partial charge in [0.2, 0.25) is 5.91 Å². The lowest BCUT2D eigenvalue weighted by Crippen LogP contribution is -2.21. The average Bonchev–Trinajstić information content (AvgIpc) is 2.66. The minimum Gasteiger partial charge on any atom is -0.497 e. The summed E-state index contributed by atoms with van der Waals surface area (Å²) >= 11 is 0.969. The third-order valence-corrected chi connectivity index (χ3v) is 4.56. The molecule has 0 atom stereocenters. The number of amides is 1. The molecule has 0 saturated carbocycles. The lowest BCUT2D eigenvalue weighted by atomic mass is 10.2. The van der Waals surface area contributed by atoms with Gasteiger partial charge in [0.1, 0.15) is 22.1 Å². The maximum atomic E-state index is 12.3. The van der Waals surface area contributed by atoms with E-state index >= 15 is 0 Å². The molecular weight excluding hydrogens is 386 g/mol. The first-order valence-electron chi connectivity index (χ1n) is 8.32. The van der Waals surface area contributed by atoms with Crippen LogP contribution in [-0.2, 0) is 9.53 Å². The zero-order chi connectivity index (χ0) is 20.7. The maximum Gasteiger partial charge on any atom is 0.346 e. The second-order valence-corrected chi connectivity index (χ2v) is 6.43. The SMILES string of the molecule is CCOC(=O)c1c(SCC(=O)Nc2ccc(OC)cc2OC)nc(=O)[nH]c1C. The van der Waals surface area contributed by atoms with E-state index in [0.29, 0.717) is 22.9 Å². The minimum absolute atomic E-state index is 0.0719. The van der Waals surface area contributed by atoms with Gasteiger partial charge >= 0.3 is 11.7 Å². The van der Waals surface area contributed by atoms with Gasteiger partial charge in [-0.05, 0) is 26.0 Å². The van der Waals surface area contributed by atoms with Gasteiger partial charge in [0.05, 0.1) is 32.3 Å². The number of aryl methyl sites for hydroxylation is 1. The summed E-state index contributed by atoms with van der Waals surface area (Å²) in [5, 5.41) is 2.85. The van der Waals surface area contributed by atoms with Crippen LogP contribution < -0.4 is 20.5 Å². The van der Waals surface area contributed by atoms with Crippen LogP contribution in [0, 0.1) is 6.92 Å². The van der Waals surface area contributed by atoms with Gasteiger partial charge in [0.25, 0.3) is 0 Å². The Balaban J connectivity index is 2.15. The van der Waals surface area contributed by atoms with Crippen LogP contribution in [0.1, 0.15) is 23.0 Å². The van der Waals surface area contributed by atoms with Gasteiger partial charge < -0.3 is 24.5 Å². The van der Waals surface area contributed by atoms with Crippen molar-refractivity contribution < 1.29 is 23.8 Å². The van der Waals surface area contributed by atoms with Crippen molar-refractivity contribution in [3.05, 3.63) is 39.9 Å². The Bertz CT molecular complexity index is 928. The van der Waals surface area contributed by atoms with Crippen LogP contribution in [0.5, 0.6) is 11.5 Å². The summed E-state index contributed by atoms with van der Waals surface area (Å²) in [5.41, 5.74) is 0.333. The predicted molar refractivity (Wildman–Crippen MR) is 104 cm³/mol. The molecule has 9 nitrogen and oxygen atoms in total. The van der Waals surface area contributed by atoms with Crippen molar-refractivity contribution in [2.45, 2.75) is 18.9 Å². The molecule has 0 aliphatic rings. The molecule has 150 valence electrons. The molecule has 10 heteroatoms. The van der Waals surface area contributed by atoms with Crippen molar-refractivity contribution in [3.63, 3.8) is 0 Å². The Morgan fingerprint density at radius 2 is 2.00 bits per heavy atom. The Morgan fingerprint density at radius 3 is 2.64 bits per heavy atom. The molecule has 0 radical (unpaired) electrons. The molecule has 2 rings (SSSR count). The molecule has 0 bridgehead atoms. The molecule has 0 spiro atoms. The van der Waals surface area contributed by atoms with Crippen LogP contribution in [-0.4, -0.2) is 48.4 Å². The number of methoxy groups -OCH3 is 2. The molecule has 28 heavy (non-hydrogen) atoms. The summed E-state index contributed by atoms with van der Waals surface area (Å²) in [6.45, 7) is 3.43. The van der Waals surface area contributed by atoms with Gasteiger partial charge in [-0.15, -0.1) is 0 Å². The fourth-order valence-corrected chi connectivity index (χ4v) is 3.20. The normalized spacial score (nSPS) is 10.3. The van der Waals surface area contributed by atoms with E-state index < -0.39 is 11.7 Å². The number of anilines is 1. The van der Waals surface area contributed by atoms with E-state index in [1.54, 1.807) is 32.0 Å². The number of aromatic amines is 1. The lowest BCUT2D eigenvalue weighted by molar-refractivity contribution is -0.113. The van der Waals surface area contributed by atoms with Crippen molar-refractivity contribution in [3.8, 4) is 11.5 Å². The fraction of sp³-hybridized carbons (Fsp3) is 0.333. The predicted octanol–water partition coefficient (Wildman–Crippen LogP) is 2.00. The summed E-state index contributed by atoms with van der Waals surface area (Å²) in [5.74, 6) is -0.00896. The summed E-state index contributed by atoms with van der Waals surface area (Å²) in [4.78, 5) is 42.4. The van der Waals surface area contributed by atoms with Crippen molar-refractivity contribution in [2.75, 3.05) is 31.9 Å². The monoisotopic (exact) mass is 407 g/mol. The van der Waals surface area contributed by atoms with E-state index in [1.807, 2.05) is 0 Å². The minimum atomic E-state index is -0.608. The van der Waals surface area contributed by atoms with Gasteiger partial charge in [0.15, 0.2) is 0 Å². The van der Waals surface area contributed by atoms with Crippen LogP contribution in [0.2, 0.25) is 0 Å². The highest BCUT2D eigenvalue weighted by Crippen LogP contribution is 2.29. The Kier molecular flexibility index (Phi) is 7.44. The average molecular weight is 407 g/mol. The molecule has 1 aromatic heterocycles. The highest BCUT2D eigenvalue weighted by Gasteiger charge is 2.20. The van der Waals surface area contributed by atoms with Crippen LogP contribution in [0.3, 0.4) is 0 Å². The smallest absolute Gasteiger partial charge is 0.346 e. The molecule has 1 heterocycles. The number of hydrogen-bond donors (Lipinski definition) is 2. The summed E-state index contributed by atoms with van der Waals surface area (Å²) in [6, 6.07) is 4.98. The van der Waals surface area contributed by atoms with Crippen LogP contribution in [0.25, 0.3) is 0 Å². The topological polar surface area (TPSA) is 120 Å². The molecule has 1 amide bonds. The largest absolute Gasteiger partial charge is 0.497 e. The molecule has 0 aliphatic heterocycles. The van der Waals surface area contributed by atoms with Crippen molar-refractivity contribution in [1.29, 1.82) is 0 Å². The van der Waals surface area contributed by atoms with E-state index in [1.165, 1.54) is 14.2 Å². The zero-order valence-electron chi connectivity index (χ0n) is 16.0. The van der Waals surface area contributed by atoms with E-state index in [2.05, 4.69) is 15.3 Å². The first kappa shape index (κ1) is 21.3. The molecule has 1 aromatic carbocycles. The first-order valence-corrected chi connectivity index (χ1v) is 9.30. The van der Waals surface area contributed by atoms with Crippen LogP contribution in [0.15, 0.2) is 28.0 Å². The van der Waals surface area contributed by atoms with Crippen LogP contribution in [0.4, 0.5) is 5.69 Å². The Labute approximate surface area is 165 Å². The van der Waals surface area contributed by atoms with E-state index in [-0.39, 0.29) is 28.9 Å². The standard InChI is InChI=1S/C18H21N3O6S/c1-5-27-17(23)15-10(2)19-18(24)21-16(15)28-9-14(22)20-12-7-6-11(25-3)8-13(12)26-4/h6-8H,5,9H2,1-4H3,(H,20,22)(H,19,21,24). The van der Waals surface area contributed by atoms with Gasteiger partial charge in [-0.1, -0.05) is 11.8 Å². The van der Waals surface area contributed by atoms with Crippen molar-refractivity contribution >= 4 is 29.3 Å². The Hall–Kier alpha value is -3.01. The number of esters is 1. The molecular formula is C18H21N3O6S. The highest BCUT2D eigenvalue weighted by molar-refractivity contribution is 8.00. The summed E-state index contributed by atoms with van der Waals surface area (Å²) in [7, 11) is 3.01. The fourth-order valence-electron chi connectivity index (χ4n) is 2.33. The lowest BCUT2D eigenvalue weighted by Gasteiger charge is -2.12. The molecule has 2 aromatic rings. The number of ether oxygens (including phenoxy) is 3.